The Bertz CT molecular complexity index is 2140. The highest BCUT2D eigenvalue weighted by Gasteiger charge is 2.27. The number of nitrogens with zero attached hydrogens (tertiary/aromatic N) is 10. The van der Waals surface area contributed by atoms with Crippen LogP contribution in [0.15, 0.2) is 36.4 Å². The number of amides is 4. The van der Waals surface area contributed by atoms with Gasteiger partial charge in [0.25, 0.3) is 23.1 Å². The quantitative estimate of drug-likeness (QED) is 0.112. The highest BCUT2D eigenvalue weighted by molar-refractivity contribution is 5.90. The highest BCUT2D eigenvalue weighted by atomic mass is 16.6. The standard InChI is InChI=1S/C18H21N7O6.C18H25N7O2/c1-11-12(2)20-17(31-3)16(19-11)21-18(26)23-6-4-22(5-7-23)13-8-14(24(27)28)10-15(9-13)25(29)30;1-11-12(2)22-17(27-3)16(21-11)23-18(26)25-6-4-24(5-7-25)15-9-13(19)8-14(20)10-15/h8-10H,4-7H2,1-3H3,(H,19,21,26);8-10H,4-7,19-20H2,1-3H3,(H,21,23,26). The van der Waals surface area contributed by atoms with Crippen LogP contribution in [0.2, 0.25) is 0 Å². The number of hydrogen-bond donors (Lipinski definition) is 4. The Balaban J connectivity index is 0.000000223. The number of benzene rings is 2. The zero-order valence-electron chi connectivity index (χ0n) is 33.0. The fraction of sp³-hybridized carbons (Fsp3) is 0.389. The van der Waals surface area contributed by atoms with Gasteiger partial charge in [-0.15, -0.1) is 0 Å². The molecule has 2 aliphatic rings. The summed E-state index contributed by atoms with van der Waals surface area (Å²) in [6, 6.07) is 8.40. The van der Waals surface area contributed by atoms with Crippen LogP contribution in [-0.2, 0) is 0 Å². The number of nitrogens with one attached hydrogen (secondary N) is 2. The number of nitro groups is 2. The summed E-state index contributed by atoms with van der Waals surface area (Å²) in [5.41, 5.74) is 16.5. The lowest BCUT2D eigenvalue weighted by molar-refractivity contribution is -0.394. The fourth-order valence-electron chi connectivity index (χ4n) is 6.12. The largest absolute Gasteiger partial charge is 0.478 e. The van der Waals surface area contributed by atoms with Crippen LogP contribution in [-0.4, -0.2) is 118 Å². The lowest BCUT2D eigenvalue weighted by Crippen LogP contribution is -2.50. The van der Waals surface area contributed by atoms with Crippen molar-refractivity contribution in [2.24, 2.45) is 0 Å². The maximum absolute atomic E-state index is 12.7. The lowest BCUT2D eigenvalue weighted by atomic mass is 10.2. The molecule has 2 aliphatic heterocycles. The summed E-state index contributed by atoms with van der Waals surface area (Å²) in [6.45, 7) is 11.1. The van der Waals surface area contributed by atoms with Crippen molar-refractivity contribution in [3.63, 3.8) is 0 Å². The third-order valence-electron chi connectivity index (χ3n) is 9.52. The first kappa shape index (κ1) is 41.9. The van der Waals surface area contributed by atoms with E-state index >= 15 is 0 Å². The van der Waals surface area contributed by atoms with E-state index in [0.29, 0.717) is 92.5 Å². The van der Waals surface area contributed by atoms with Gasteiger partial charge in [-0.1, -0.05) is 0 Å². The van der Waals surface area contributed by atoms with Crippen molar-refractivity contribution in [3.8, 4) is 11.8 Å². The topological polar surface area (TPSA) is 280 Å². The molecule has 0 aliphatic carbocycles. The van der Waals surface area contributed by atoms with Gasteiger partial charge in [0.05, 0.1) is 58.6 Å². The van der Waals surface area contributed by atoms with Gasteiger partial charge in [-0.05, 0) is 45.9 Å². The summed E-state index contributed by atoms with van der Waals surface area (Å²) in [5, 5.41) is 27.7. The average molecular weight is 803 g/mol. The SMILES string of the molecule is COc1nc(C)c(C)nc1NC(=O)N1CCN(c2cc(N)cc(N)c2)CC1.COc1nc(C)c(C)nc1NC(=O)N1CCN(c2cc([N+](=O)[O-])cc([N+](=O)[O-])c2)CC1. The normalized spacial score (nSPS) is 13.9. The van der Waals surface area contributed by atoms with Crippen LogP contribution in [0, 0.1) is 47.9 Å². The van der Waals surface area contributed by atoms with Gasteiger partial charge in [-0.2, -0.15) is 0 Å². The van der Waals surface area contributed by atoms with E-state index in [0.717, 1.165) is 23.1 Å². The monoisotopic (exact) mass is 802 g/mol. The molecule has 0 atom stereocenters. The molecule has 0 bridgehead atoms. The van der Waals surface area contributed by atoms with E-state index in [9.17, 15) is 29.8 Å². The number of hydrogen-bond acceptors (Lipinski definition) is 16. The molecule has 0 saturated carbocycles. The Hall–Kier alpha value is -7.26. The first-order valence-corrected chi connectivity index (χ1v) is 18.1. The summed E-state index contributed by atoms with van der Waals surface area (Å²) < 4.78 is 10.4. The van der Waals surface area contributed by atoms with E-state index in [4.69, 9.17) is 20.9 Å². The number of aromatic nitrogens is 4. The van der Waals surface area contributed by atoms with Crippen molar-refractivity contribution < 1.29 is 28.9 Å². The first-order chi connectivity index (χ1) is 27.6. The third-order valence-corrected chi connectivity index (χ3v) is 9.52. The van der Waals surface area contributed by atoms with Crippen LogP contribution >= 0.6 is 0 Å². The zero-order valence-corrected chi connectivity index (χ0v) is 33.0. The van der Waals surface area contributed by atoms with Crippen LogP contribution < -0.4 is 41.4 Å². The minimum absolute atomic E-state index is 0.207. The van der Waals surface area contributed by atoms with Gasteiger partial charge in [0.2, 0.25) is 0 Å². The minimum atomic E-state index is -0.668. The number of nitro benzene ring substituents is 2. The van der Waals surface area contributed by atoms with Gasteiger partial charge in [0.1, 0.15) is 0 Å². The predicted octanol–water partition coefficient (Wildman–Crippen LogP) is 3.89. The predicted molar refractivity (Wildman–Crippen MR) is 217 cm³/mol. The van der Waals surface area contributed by atoms with Crippen molar-refractivity contribution in [1.82, 2.24) is 29.7 Å². The van der Waals surface area contributed by atoms with E-state index in [1.807, 2.05) is 26.0 Å². The summed E-state index contributed by atoms with van der Waals surface area (Å²) in [7, 11) is 2.94. The Morgan fingerprint density at radius 3 is 1.28 bits per heavy atom. The van der Waals surface area contributed by atoms with Gasteiger partial charge in [0.15, 0.2) is 11.6 Å². The van der Waals surface area contributed by atoms with Crippen LogP contribution in [0.5, 0.6) is 11.8 Å². The number of methoxy groups -OCH3 is 2. The molecule has 22 heteroatoms. The second kappa shape index (κ2) is 18.1. The Morgan fingerprint density at radius 2 is 0.931 bits per heavy atom. The molecule has 6 N–H and O–H groups in total. The average Bonchev–Trinajstić information content (AvgIpc) is 3.20. The van der Waals surface area contributed by atoms with E-state index in [1.165, 1.54) is 26.4 Å². The number of aryl methyl sites for hydroxylation is 4. The smallest absolute Gasteiger partial charge is 0.323 e. The number of rotatable bonds is 8. The molecule has 308 valence electrons. The summed E-state index contributed by atoms with van der Waals surface area (Å²) in [5.74, 6) is 1.06. The molecule has 0 unspecified atom stereocenters. The summed E-state index contributed by atoms with van der Waals surface area (Å²) in [4.78, 5) is 70.6. The number of anilines is 6. The van der Waals surface area contributed by atoms with Gasteiger partial charge in [-0.25, -0.2) is 29.5 Å². The summed E-state index contributed by atoms with van der Waals surface area (Å²) >= 11 is 0. The fourth-order valence-corrected chi connectivity index (χ4v) is 6.12. The number of carbonyl (C=O) groups is 2. The molecular weight excluding hydrogens is 756 g/mol. The van der Waals surface area contributed by atoms with Crippen molar-refractivity contribution in [2.45, 2.75) is 27.7 Å². The number of urea groups is 2. The zero-order chi connectivity index (χ0) is 42.3. The Labute approximate surface area is 333 Å². The number of non-ortho nitro benzene ring substituents is 2. The molecule has 4 aromatic rings. The van der Waals surface area contributed by atoms with E-state index in [-0.39, 0.29) is 35.1 Å². The number of nitrogens with two attached hydrogens (primary N) is 2. The molecule has 2 fully saturated rings. The van der Waals surface area contributed by atoms with Crippen molar-refractivity contribution >= 4 is 57.8 Å². The molecule has 4 amide bonds. The van der Waals surface area contributed by atoms with Crippen molar-refractivity contribution in [3.05, 3.63) is 79.4 Å². The maximum Gasteiger partial charge on any atom is 0.323 e. The molecule has 4 heterocycles. The van der Waals surface area contributed by atoms with E-state index < -0.39 is 9.85 Å². The van der Waals surface area contributed by atoms with E-state index in [2.05, 4.69) is 35.5 Å². The number of ether oxygens (including phenoxy) is 2. The first-order valence-electron chi connectivity index (χ1n) is 18.1. The molecule has 0 spiro atoms. The van der Waals surface area contributed by atoms with Gasteiger partial charge >= 0.3 is 12.1 Å². The molecule has 22 nitrogen and oxygen atoms in total. The molecule has 2 aromatic heterocycles. The molecular formula is C36H46N14O8. The minimum Gasteiger partial charge on any atom is -0.478 e. The Kier molecular flexibility index (Phi) is 13.1. The third kappa shape index (κ3) is 10.1. The lowest BCUT2D eigenvalue weighted by Gasteiger charge is -2.36. The van der Waals surface area contributed by atoms with Crippen LogP contribution in [0.3, 0.4) is 0 Å². The molecule has 2 aromatic carbocycles. The highest BCUT2D eigenvalue weighted by Crippen LogP contribution is 2.30. The van der Waals surface area contributed by atoms with Gasteiger partial charge < -0.3 is 40.5 Å². The van der Waals surface area contributed by atoms with Crippen molar-refractivity contribution in [2.75, 3.05) is 98.5 Å². The molecule has 6 rings (SSSR count). The van der Waals surface area contributed by atoms with Crippen LogP contribution in [0.4, 0.5) is 55.3 Å². The van der Waals surface area contributed by atoms with E-state index in [1.54, 1.807) is 34.6 Å². The van der Waals surface area contributed by atoms with Gasteiger partial charge in [-0.3, -0.25) is 30.9 Å². The van der Waals surface area contributed by atoms with Crippen LogP contribution in [0.25, 0.3) is 0 Å². The number of nitrogen functional groups attached to an aromatic ring is 2. The summed E-state index contributed by atoms with van der Waals surface area (Å²) in [6.07, 6.45) is 0. The number of piperazine rings is 2. The Morgan fingerprint density at radius 1 is 0.586 bits per heavy atom. The molecule has 0 radical (unpaired) electrons. The second-order valence-electron chi connectivity index (χ2n) is 13.4. The maximum atomic E-state index is 12.7. The number of carbonyl (C=O) groups excluding carboxylic acids is 2. The van der Waals surface area contributed by atoms with Gasteiger partial charge in [0, 0.05) is 81.6 Å². The molecule has 2 saturated heterocycles. The van der Waals surface area contributed by atoms with Crippen LogP contribution in [0.1, 0.15) is 22.8 Å². The molecule has 58 heavy (non-hydrogen) atoms. The van der Waals surface area contributed by atoms with Crippen molar-refractivity contribution in [1.29, 1.82) is 0 Å². The second-order valence-corrected chi connectivity index (χ2v) is 13.4.